The van der Waals surface area contributed by atoms with Gasteiger partial charge in [0.05, 0.1) is 18.4 Å². The van der Waals surface area contributed by atoms with Gasteiger partial charge < -0.3 is 11.1 Å². The van der Waals surface area contributed by atoms with Gasteiger partial charge in [0.25, 0.3) is 5.91 Å². The lowest BCUT2D eigenvalue weighted by Crippen LogP contribution is -2.38. The van der Waals surface area contributed by atoms with Crippen molar-refractivity contribution in [1.82, 2.24) is 14.9 Å². The molecular weight excluding hydrogens is 322 g/mol. The van der Waals surface area contributed by atoms with E-state index in [2.05, 4.69) is 44.6 Å². The van der Waals surface area contributed by atoms with Crippen LogP contribution in [-0.2, 0) is 0 Å². The predicted octanol–water partition coefficient (Wildman–Crippen LogP) is 2.52. The average Bonchev–Trinajstić information content (AvgIpc) is 3.11. The molecule has 6 nitrogen and oxygen atoms in total. The maximum absolute atomic E-state index is 11.2. The van der Waals surface area contributed by atoms with Crippen molar-refractivity contribution in [3.05, 3.63) is 40.5 Å². The summed E-state index contributed by atoms with van der Waals surface area (Å²) >= 11 is 1.78. The number of thiophene rings is 1. The van der Waals surface area contributed by atoms with Crippen LogP contribution in [0.4, 0.5) is 5.82 Å². The van der Waals surface area contributed by atoms with Crippen LogP contribution in [0.3, 0.4) is 0 Å². The van der Waals surface area contributed by atoms with Crippen molar-refractivity contribution in [3.8, 4) is 0 Å². The zero-order valence-electron chi connectivity index (χ0n) is 13.8. The summed E-state index contributed by atoms with van der Waals surface area (Å²) in [6.07, 6.45) is 5.48. The van der Waals surface area contributed by atoms with Crippen molar-refractivity contribution in [2.75, 3.05) is 25.0 Å². The summed E-state index contributed by atoms with van der Waals surface area (Å²) in [5.41, 5.74) is 5.45. The highest BCUT2D eigenvalue weighted by Gasteiger charge is 2.25. The number of carbonyl (C=O) groups is 1. The van der Waals surface area contributed by atoms with Crippen molar-refractivity contribution in [2.45, 2.75) is 25.8 Å². The number of primary amides is 1. The molecule has 7 heteroatoms. The molecule has 1 aliphatic rings. The molecule has 3 N–H and O–H groups in total. The standard InChI is InChI=1S/C17H23N5OS/c1-12-4-6-22(7-5-12)14(15-3-2-8-24-15)10-20-16-11-19-9-13(21-16)17(18)23/h2-3,8-9,11-12,14H,4-7,10H2,1H3,(H2,18,23)(H,20,21). The molecule has 24 heavy (non-hydrogen) atoms. The first-order chi connectivity index (χ1) is 11.6. The highest BCUT2D eigenvalue weighted by molar-refractivity contribution is 7.10. The molecule has 3 rings (SSSR count). The van der Waals surface area contributed by atoms with Gasteiger partial charge in [0.2, 0.25) is 0 Å². The molecule has 0 bridgehead atoms. The van der Waals surface area contributed by atoms with Crippen LogP contribution >= 0.6 is 11.3 Å². The van der Waals surface area contributed by atoms with Crippen LogP contribution in [0.2, 0.25) is 0 Å². The van der Waals surface area contributed by atoms with E-state index in [1.807, 2.05) is 0 Å². The molecule has 1 unspecified atom stereocenters. The smallest absolute Gasteiger partial charge is 0.268 e. The molecule has 1 amide bonds. The van der Waals surface area contributed by atoms with Gasteiger partial charge in [-0.15, -0.1) is 11.3 Å². The zero-order valence-corrected chi connectivity index (χ0v) is 14.6. The Labute approximate surface area is 146 Å². The van der Waals surface area contributed by atoms with Crippen molar-refractivity contribution in [2.24, 2.45) is 11.7 Å². The van der Waals surface area contributed by atoms with E-state index in [9.17, 15) is 4.79 Å². The van der Waals surface area contributed by atoms with Crippen LogP contribution < -0.4 is 11.1 Å². The van der Waals surface area contributed by atoms with Gasteiger partial charge in [-0.05, 0) is 43.3 Å². The zero-order chi connectivity index (χ0) is 16.9. The van der Waals surface area contributed by atoms with Gasteiger partial charge in [-0.25, -0.2) is 4.98 Å². The van der Waals surface area contributed by atoms with Gasteiger partial charge >= 0.3 is 0 Å². The fourth-order valence-electron chi connectivity index (χ4n) is 3.00. The van der Waals surface area contributed by atoms with E-state index in [4.69, 9.17) is 5.73 Å². The first-order valence-electron chi connectivity index (χ1n) is 8.26. The minimum atomic E-state index is -0.564. The van der Waals surface area contributed by atoms with Gasteiger partial charge in [-0.3, -0.25) is 14.7 Å². The highest BCUT2D eigenvalue weighted by atomic mass is 32.1. The Morgan fingerprint density at radius 2 is 2.25 bits per heavy atom. The number of likely N-dealkylation sites (tertiary alicyclic amines) is 1. The largest absolute Gasteiger partial charge is 0.367 e. The van der Waals surface area contributed by atoms with E-state index >= 15 is 0 Å². The Morgan fingerprint density at radius 1 is 1.46 bits per heavy atom. The second kappa shape index (κ2) is 7.72. The third-order valence-electron chi connectivity index (χ3n) is 4.49. The predicted molar refractivity (Wildman–Crippen MR) is 96.1 cm³/mol. The van der Waals surface area contributed by atoms with Gasteiger partial charge in [0, 0.05) is 11.4 Å². The molecule has 0 aromatic carbocycles. The Bertz CT molecular complexity index is 667. The summed E-state index contributed by atoms with van der Waals surface area (Å²) in [6.45, 7) is 5.27. The third kappa shape index (κ3) is 4.10. The molecule has 0 radical (unpaired) electrons. The van der Waals surface area contributed by atoms with Crippen molar-refractivity contribution >= 4 is 23.1 Å². The molecular formula is C17H23N5OS. The second-order valence-corrected chi connectivity index (χ2v) is 7.26. The molecule has 2 aromatic heterocycles. The molecule has 0 saturated carbocycles. The minimum absolute atomic E-state index is 0.180. The number of piperidine rings is 1. The molecule has 128 valence electrons. The number of rotatable bonds is 6. The van der Waals surface area contributed by atoms with Gasteiger partial charge in [-0.2, -0.15) is 0 Å². The van der Waals surface area contributed by atoms with Crippen molar-refractivity contribution in [1.29, 1.82) is 0 Å². The summed E-state index contributed by atoms with van der Waals surface area (Å²) in [5, 5.41) is 5.43. The van der Waals surface area contributed by atoms with Crippen molar-refractivity contribution in [3.63, 3.8) is 0 Å². The molecule has 3 heterocycles. The Balaban J connectivity index is 1.70. The Morgan fingerprint density at radius 3 is 2.92 bits per heavy atom. The quantitative estimate of drug-likeness (QED) is 0.840. The van der Waals surface area contributed by atoms with Gasteiger partial charge in [0.15, 0.2) is 0 Å². The Kier molecular flexibility index (Phi) is 5.42. The fraction of sp³-hybridized carbons (Fsp3) is 0.471. The third-order valence-corrected chi connectivity index (χ3v) is 5.47. The molecule has 1 saturated heterocycles. The fourth-order valence-corrected chi connectivity index (χ4v) is 3.86. The number of nitrogens with zero attached hydrogens (tertiary/aromatic N) is 3. The summed E-state index contributed by atoms with van der Waals surface area (Å²) in [4.78, 5) is 23.4. The van der Waals surface area contributed by atoms with E-state index in [0.29, 0.717) is 11.9 Å². The number of hydrogen-bond acceptors (Lipinski definition) is 6. The van der Waals surface area contributed by atoms with Crippen LogP contribution in [0.1, 0.15) is 41.2 Å². The van der Waals surface area contributed by atoms with E-state index < -0.39 is 5.91 Å². The SMILES string of the molecule is CC1CCN(C(CNc2cncc(C(N)=O)n2)c2cccs2)CC1. The first-order valence-corrected chi connectivity index (χ1v) is 9.14. The molecule has 1 aliphatic heterocycles. The molecule has 0 spiro atoms. The van der Waals surface area contributed by atoms with Gasteiger partial charge in [0.1, 0.15) is 11.5 Å². The van der Waals surface area contributed by atoms with E-state index in [1.165, 1.54) is 23.9 Å². The maximum Gasteiger partial charge on any atom is 0.268 e. The first kappa shape index (κ1) is 16.9. The van der Waals surface area contributed by atoms with E-state index in [1.54, 1.807) is 17.5 Å². The number of nitrogens with two attached hydrogens (primary N) is 1. The molecule has 1 atom stereocenters. The summed E-state index contributed by atoms with van der Waals surface area (Å²) in [6, 6.07) is 4.57. The number of aromatic nitrogens is 2. The number of anilines is 1. The van der Waals surface area contributed by atoms with Crippen LogP contribution in [0.25, 0.3) is 0 Å². The normalized spacial score (nSPS) is 17.5. The maximum atomic E-state index is 11.2. The highest BCUT2D eigenvalue weighted by Crippen LogP contribution is 2.29. The van der Waals surface area contributed by atoms with E-state index in [0.717, 1.165) is 25.6 Å². The topological polar surface area (TPSA) is 84.1 Å². The van der Waals surface area contributed by atoms with Gasteiger partial charge in [-0.1, -0.05) is 13.0 Å². The second-order valence-electron chi connectivity index (χ2n) is 6.28. The number of hydrogen-bond donors (Lipinski definition) is 2. The summed E-state index contributed by atoms with van der Waals surface area (Å²) in [7, 11) is 0. The lowest BCUT2D eigenvalue weighted by Gasteiger charge is -2.36. The molecule has 0 aliphatic carbocycles. The van der Waals surface area contributed by atoms with Crippen LogP contribution in [0, 0.1) is 5.92 Å². The van der Waals surface area contributed by atoms with Crippen LogP contribution in [0.15, 0.2) is 29.9 Å². The summed E-state index contributed by atoms with van der Waals surface area (Å²) < 4.78 is 0. The number of nitrogens with one attached hydrogen (secondary N) is 1. The Hall–Kier alpha value is -1.99. The lowest BCUT2D eigenvalue weighted by atomic mass is 9.97. The lowest BCUT2D eigenvalue weighted by molar-refractivity contribution is 0.0995. The number of carbonyl (C=O) groups excluding carboxylic acids is 1. The molecule has 2 aromatic rings. The monoisotopic (exact) mass is 345 g/mol. The average molecular weight is 345 g/mol. The van der Waals surface area contributed by atoms with Crippen LogP contribution in [-0.4, -0.2) is 40.4 Å². The van der Waals surface area contributed by atoms with Crippen LogP contribution in [0.5, 0.6) is 0 Å². The number of amides is 1. The molecule has 1 fully saturated rings. The van der Waals surface area contributed by atoms with Crippen molar-refractivity contribution < 1.29 is 4.79 Å². The minimum Gasteiger partial charge on any atom is -0.367 e. The van der Waals surface area contributed by atoms with E-state index in [-0.39, 0.29) is 5.69 Å². The summed E-state index contributed by atoms with van der Waals surface area (Å²) in [5.74, 6) is 0.820.